The number of ketones is 1. The van der Waals surface area contributed by atoms with Crippen LogP contribution in [0.4, 0.5) is 0 Å². The van der Waals surface area contributed by atoms with Gasteiger partial charge >= 0.3 is 0 Å². The largest absolute Gasteiger partial charge is 0.364 e. The molecule has 1 saturated heterocycles. The summed E-state index contributed by atoms with van der Waals surface area (Å²) in [5, 5.41) is 0. The zero-order valence-electron chi connectivity index (χ0n) is 6.60. The van der Waals surface area contributed by atoms with Crippen molar-refractivity contribution in [2.75, 3.05) is 6.61 Å². The van der Waals surface area contributed by atoms with Crippen molar-refractivity contribution >= 4 is 5.78 Å². The number of carbonyl (C=O) groups is 1. The van der Waals surface area contributed by atoms with E-state index >= 15 is 0 Å². The molecule has 1 heterocycles. The minimum absolute atomic E-state index is 0.200. The molecule has 1 aliphatic rings. The molecule has 0 radical (unpaired) electrons. The van der Waals surface area contributed by atoms with Crippen LogP contribution in [0, 0.1) is 35.5 Å². The van der Waals surface area contributed by atoms with Crippen molar-refractivity contribution in [3.05, 3.63) is 0 Å². The molecular weight excluding hydrogens is 152 g/mol. The van der Waals surface area contributed by atoms with Gasteiger partial charge in [-0.2, -0.15) is 0 Å². The van der Waals surface area contributed by atoms with E-state index in [1.165, 1.54) is 0 Å². The van der Waals surface area contributed by atoms with Gasteiger partial charge in [0, 0.05) is 0 Å². The van der Waals surface area contributed by atoms with Crippen LogP contribution in [-0.2, 0) is 9.53 Å². The van der Waals surface area contributed by atoms with Gasteiger partial charge in [-0.15, -0.1) is 0 Å². The molecule has 1 aliphatic heterocycles. The summed E-state index contributed by atoms with van der Waals surface area (Å²) in [7, 11) is 0. The molecule has 2 nitrogen and oxygen atoms in total. The van der Waals surface area contributed by atoms with Gasteiger partial charge in [0.25, 0.3) is 0 Å². The quantitative estimate of drug-likeness (QED) is 0.305. The van der Waals surface area contributed by atoms with Crippen LogP contribution >= 0.6 is 0 Å². The summed E-state index contributed by atoms with van der Waals surface area (Å²) < 4.78 is 4.72. The average Bonchev–Trinajstić information content (AvgIpc) is 2.86. The number of hydrogen-bond donors (Lipinski definition) is 0. The molecular formula is C10H6O2. The van der Waals surface area contributed by atoms with Crippen molar-refractivity contribution < 1.29 is 9.53 Å². The highest BCUT2D eigenvalue weighted by molar-refractivity contribution is 6.00. The summed E-state index contributed by atoms with van der Waals surface area (Å²) >= 11 is 0. The molecule has 0 amide bonds. The van der Waals surface area contributed by atoms with E-state index in [4.69, 9.17) is 4.74 Å². The fourth-order valence-electron chi connectivity index (χ4n) is 0.498. The van der Waals surface area contributed by atoms with Gasteiger partial charge in [0.05, 0.1) is 6.61 Å². The molecule has 0 aromatic carbocycles. The molecule has 1 rings (SSSR count). The first-order valence-corrected chi connectivity index (χ1v) is 3.43. The van der Waals surface area contributed by atoms with Crippen molar-refractivity contribution in [2.45, 2.75) is 13.0 Å². The van der Waals surface area contributed by atoms with Crippen molar-refractivity contribution in [1.82, 2.24) is 0 Å². The number of Topliss-reactive ketones (excluding diaryl/α,β-unsaturated/α-hetero) is 1. The minimum Gasteiger partial charge on any atom is -0.364 e. The van der Waals surface area contributed by atoms with Gasteiger partial charge in [-0.1, -0.05) is 5.92 Å². The molecule has 0 N–H and O–H groups in total. The fourth-order valence-corrected chi connectivity index (χ4v) is 0.498. The molecule has 1 fully saturated rings. The predicted molar refractivity (Wildman–Crippen MR) is 43.7 cm³/mol. The van der Waals surface area contributed by atoms with Gasteiger partial charge in [-0.05, 0) is 36.5 Å². The molecule has 0 aromatic rings. The van der Waals surface area contributed by atoms with E-state index in [9.17, 15) is 4.79 Å². The molecule has 0 bridgehead atoms. The number of ether oxygens (including phenoxy) is 1. The van der Waals surface area contributed by atoms with Crippen LogP contribution in [0.15, 0.2) is 0 Å². The Morgan fingerprint density at radius 3 is 2.58 bits per heavy atom. The van der Waals surface area contributed by atoms with E-state index in [0.29, 0.717) is 6.61 Å². The van der Waals surface area contributed by atoms with Crippen LogP contribution < -0.4 is 0 Å². The van der Waals surface area contributed by atoms with Gasteiger partial charge in [0.1, 0.15) is 0 Å². The maximum absolute atomic E-state index is 10.8. The van der Waals surface area contributed by atoms with E-state index in [2.05, 4.69) is 35.5 Å². The van der Waals surface area contributed by atoms with Crippen LogP contribution in [0.25, 0.3) is 0 Å². The van der Waals surface area contributed by atoms with Crippen LogP contribution in [0.5, 0.6) is 0 Å². The van der Waals surface area contributed by atoms with Crippen LogP contribution in [0.2, 0.25) is 0 Å². The summed E-state index contributed by atoms with van der Waals surface area (Å²) in [6.45, 7) is 2.18. The average molecular weight is 158 g/mol. The molecule has 1 atom stereocenters. The highest BCUT2D eigenvalue weighted by Crippen LogP contribution is 2.08. The van der Waals surface area contributed by atoms with E-state index in [0.717, 1.165) is 0 Å². The molecule has 2 heteroatoms. The molecule has 0 aromatic heterocycles. The van der Waals surface area contributed by atoms with Crippen LogP contribution in [-0.4, -0.2) is 18.5 Å². The second-order valence-electron chi connectivity index (χ2n) is 2.06. The monoisotopic (exact) mass is 158 g/mol. The first-order chi connectivity index (χ1) is 5.84. The van der Waals surface area contributed by atoms with Crippen LogP contribution in [0.3, 0.4) is 0 Å². The van der Waals surface area contributed by atoms with Gasteiger partial charge in [-0.3, -0.25) is 4.79 Å². The Bertz CT molecular complexity index is 356. The normalized spacial score (nSPS) is 16.9. The molecule has 0 aliphatic carbocycles. The van der Waals surface area contributed by atoms with Crippen molar-refractivity contribution in [3.8, 4) is 35.5 Å². The zero-order valence-corrected chi connectivity index (χ0v) is 6.60. The zero-order chi connectivity index (χ0) is 8.81. The Balaban J connectivity index is 2.41. The lowest BCUT2D eigenvalue weighted by Crippen LogP contribution is -2.01. The van der Waals surface area contributed by atoms with Crippen LogP contribution in [0.1, 0.15) is 6.92 Å². The third-order valence-electron chi connectivity index (χ3n) is 1.12. The standard InChI is InChI=1S/C10H6O2/c1-2-3-4-5-6-7-9(11)10-8-12-10/h10H,8H2,1H3. The molecule has 58 valence electrons. The van der Waals surface area contributed by atoms with E-state index in [-0.39, 0.29) is 11.9 Å². The smallest absolute Gasteiger partial charge is 0.237 e. The summed E-state index contributed by atoms with van der Waals surface area (Å²) in [4.78, 5) is 10.8. The van der Waals surface area contributed by atoms with Crippen molar-refractivity contribution in [3.63, 3.8) is 0 Å². The summed E-state index contributed by atoms with van der Waals surface area (Å²) in [6, 6.07) is 0. The lowest BCUT2D eigenvalue weighted by molar-refractivity contribution is -0.114. The van der Waals surface area contributed by atoms with E-state index in [1.807, 2.05) is 0 Å². The Labute approximate surface area is 71.3 Å². The Morgan fingerprint density at radius 2 is 2.00 bits per heavy atom. The Kier molecular flexibility index (Phi) is 2.97. The number of hydrogen-bond acceptors (Lipinski definition) is 2. The van der Waals surface area contributed by atoms with E-state index < -0.39 is 0 Å². The minimum atomic E-state index is -0.295. The highest BCUT2D eigenvalue weighted by atomic mass is 16.6. The number of rotatable bonds is 1. The summed E-state index contributed by atoms with van der Waals surface area (Å²) in [6.07, 6.45) is -0.295. The summed E-state index contributed by atoms with van der Waals surface area (Å²) in [5.41, 5.74) is 0. The lowest BCUT2D eigenvalue weighted by atomic mass is 10.3. The van der Waals surface area contributed by atoms with Gasteiger partial charge in [0.2, 0.25) is 5.78 Å². The number of epoxide rings is 1. The van der Waals surface area contributed by atoms with E-state index in [1.54, 1.807) is 6.92 Å². The number of carbonyl (C=O) groups excluding carboxylic acids is 1. The molecule has 0 spiro atoms. The van der Waals surface area contributed by atoms with Crippen molar-refractivity contribution in [2.24, 2.45) is 0 Å². The maximum atomic E-state index is 10.8. The molecule has 0 saturated carbocycles. The Hall–Kier alpha value is -1.69. The molecule has 12 heavy (non-hydrogen) atoms. The summed E-state index contributed by atoms with van der Waals surface area (Å²) in [5.74, 6) is 14.6. The van der Waals surface area contributed by atoms with Gasteiger partial charge in [-0.25, -0.2) is 0 Å². The molecule has 1 unspecified atom stereocenters. The lowest BCUT2D eigenvalue weighted by Gasteiger charge is -1.74. The predicted octanol–water partition coefficient (Wildman–Crippen LogP) is -0.0156. The topological polar surface area (TPSA) is 29.6 Å². The Morgan fingerprint density at radius 1 is 1.33 bits per heavy atom. The highest BCUT2D eigenvalue weighted by Gasteiger charge is 2.29. The third kappa shape index (κ3) is 2.93. The van der Waals surface area contributed by atoms with Crippen molar-refractivity contribution in [1.29, 1.82) is 0 Å². The SMILES string of the molecule is CC#CC#CC#CC(=O)C1CO1. The second kappa shape index (κ2) is 4.24. The first kappa shape index (κ1) is 8.41. The fraction of sp³-hybridized carbons (Fsp3) is 0.300. The van der Waals surface area contributed by atoms with Gasteiger partial charge in [0.15, 0.2) is 6.10 Å². The third-order valence-corrected chi connectivity index (χ3v) is 1.12. The maximum Gasteiger partial charge on any atom is 0.237 e. The second-order valence-corrected chi connectivity index (χ2v) is 2.06. The first-order valence-electron chi connectivity index (χ1n) is 3.43. The van der Waals surface area contributed by atoms with Gasteiger partial charge < -0.3 is 4.74 Å².